The van der Waals surface area contributed by atoms with E-state index in [-0.39, 0.29) is 11.9 Å². The summed E-state index contributed by atoms with van der Waals surface area (Å²) in [7, 11) is 0. The van der Waals surface area contributed by atoms with E-state index < -0.39 is 5.41 Å². The topological polar surface area (TPSA) is 26.3 Å². The zero-order valence-electron chi connectivity index (χ0n) is 9.48. The second-order valence-corrected chi connectivity index (χ2v) is 4.13. The Morgan fingerprint density at radius 1 is 1.56 bits per heavy atom. The van der Waals surface area contributed by atoms with E-state index in [0.717, 1.165) is 6.42 Å². The van der Waals surface area contributed by atoms with Crippen LogP contribution < -0.4 is 0 Å². The van der Waals surface area contributed by atoms with Gasteiger partial charge in [-0.25, -0.2) is 0 Å². The number of benzene rings is 1. The van der Waals surface area contributed by atoms with Crippen LogP contribution in [0.1, 0.15) is 24.8 Å². The van der Waals surface area contributed by atoms with Crippen LogP contribution in [-0.4, -0.2) is 12.6 Å². The Kier molecular flexibility index (Phi) is 2.82. The van der Waals surface area contributed by atoms with Gasteiger partial charge in [0, 0.05) is 5.92 Å². The van der Waals surface area contributed by atoms with Crippen LogP contribution in [0.25, 0.3) is 0 Å². The van der Waals surface area contributed by atoms with Crippen LogP contribution in [0.3, 0.4) is 0 Å². The summed E-state index contributed by atoms with van der Waals surface area (Å²) in [6, 6.07) is 10.1. The number of carbonyl (C=O) groups excluding carboxylic acids is 1. The summed E-state index contributed by atoms with van der Waals surface area (Å²) in [5, 5.41) is 0. The first-order chi connectivity index (χ1) is 7.74. The van der Waals surface area contributed by atoms with Gasteiger partial charge in [-0.15, -0.1) is 6.58 Å². The van der Waals surface area contributed by atoms with Gasteiger partial charge in [-0.05, 0) is 18.9 Å². The molecule has 0 aliphatic heterocycles. The van der Waals surface area contributed by atoms with Gasteiger partial charge in [0.25, 0.3) is 0 Å². The van der Waals surface area contributed by atoms with Crippen LogP contribution in [0, 0.1) is 5.41 Å². The lowest BCUT2D eigenvalue weighted by molar-refractivity contribution is -0.147. The Bertz CT molecular complexity index is 396. The molecule has 0 heterocycles. The molecule has 1 aromatic carbocycles. The van der Waals surface area contributed by atoms with Gasteiger partial charge in [0.1, 0.15) is 0 Å². The third-order valence-corrected chi connectivity index (χ3v) is 3.23. The number of esters is 1. The van der Waals surface area contributed by atoms with Gasteiger partial charge in [0.15, 0.2) is 0 Å². The van der Waals surface area contributed by atoms with Crippen LogP contribution in [0.4, 0.5) is 0 Å². The Morgan fingerprint density at radius 2 is 2.25 bits per heavy atom. The fraction of sp³-hybridized carbons (Fsp3) is 0.357. The molecule has 2 unspecified atom stereocenters. The number of ether oxygens (including phenoxy) is 1. The first-order valence-electron chi connectivity index (χ1n) is 5.60. The van der Waals surface area contributed by atoms with Gasteiger partial charge in [-0.1, -0.05) is 36.4 Å². The van der Waals surface area contributed by atoms with Crippen molar-refractivity contribution in [3.05, 3.63) is 48.6 Å². The molecule has 1 fully saturated rings. The number of rotatable bonds is 4. The molecule has 84 valence electrons. The number of hydrogen-bond donors (Lipinski definition) is 0. The molecule has 0 radical (unpaired) electrons. The zero-order valence-corrected chi connectivity index (χ0v) is 9.48. The first-order valence-corrected chi connectivity index (χ1v) is 5.60. The summed E-state index contributed by atoms with van der Waals surface area (Å²) >= 11 is 0. The average molecular weight is 216 g/mol. The highest BCUT2D eigenvalue weighted by Gasteiger charge is 2.59. The fourth-order valence-electron chi connectivity index (χ4n) is 2.18. The molecule has 2 atom stereocenters. The van der Waals surface area contributed by atoms with Crippen molar-refractivity contribution in [1.29, 1.82) is 0 Å². The summed E-state index contributed by atoms with van der Waals surface area (Å²) in [4.78, 5) is 11.8. The maximum atomic E-state index is 11.8. The molecule has 2 rings (SSSR count). The molecule has 0 bridgehead atoms. The second-order valence-electron chi connectivity index (χ2n) is 4.13. The standard InChI is InChI=1S/C14H16O2/c1-3-14(13(15)16-4-2)10-12(14)11-8-6-5-7-9-11/h3,5-9,12H,1,4,10H2,2H3. The first kappa shape index (κ1) is 10.9. The molecule has 0 amide bonds. The normalized spacial score (nSPS) is 27.2. The average Bonchev–Trinajstić information content (AvgIpc) is 3.06. The Labute approximate surface area is 95.9 Å². The molecule has 2 heteroatoms. The van der Waals surface area contributed by atoms with E-state index in [9.17, 15) is 4.79 Å². The van der Waals surface area contributed by atoms with Crippen molar-refractivity contribution in [2.24, 2.45) is 5.41 Å². The monoisotopic (exact) mass is 216 g/mol. The van der Waals surface area contributed by atoms with Crippen molar-refractivity contribution in [2.45, 2.75) is 19.3 Å². The Morgan fingerprint density at radius 3 is 2.81 bits per heavy atom. The van der Waals surface area contributed by atoms with Crippen molar-refractivity contribution in [2.75, 3.05) is 6.61 Å². The molecule has 1 saturated carbocycles. The summed E-state index contributed by atoms with van der Waals surface area (Å²) < 4.78 is 5.10. The van der Waals surface area contributed by atoms with E-state index in [1.165, 1.54) is 5.56 Å². The second kappa shape index (κ2) is 4.12. The smallest absolute Gasteiger partial charge is 0.316 e. The molecule has 0 spiro atoms. The van der Waals surface area contributed by atoms with E-state index in [2.05, 4.69) is 18.7 Å². The van der Waals surface area contributed by atoms with Gasteiger partial charge in [-0.2, -0.15) is 0 Å². The van der Waals surface area contributed by atoms with Crippen LogP contribution >= 0.6 is 0 Å². The lowest BCUT2D eigenvalue weighted by Crippen LogP contribution is -2.18. The van der Waals surface area contributed by atoms with E-state index in [4.69, 9.17) is 4.74 Å². The predicted molar refractivity (Wildman–Crippen MR) is 63.1 cm³/mol. The maximum Gasteiger partial charge on any atom is 0.316 e. The Balaban J connectivity index is 2.18. The summed E-state index contributed by atoms with van der Waals surface area (Å²) in [6.07, 6.45) is 2.56. The van der Waals surface area contributed by atoms with Crippen molar-refractivity contribution < 1.29 is 9.53 Å². The summed E-state index contributed by atoms with van der Waals surface area (Å²) in [5.41, 5.74) is 0.715. The molecule has 0 saturated heterocycles. The minimum atomic E-state index is -0.475. The van der Waals surface area contributed by atoms with Gasteiger partial charge in [0.2, 0.25) is 0 Å². The van der Waals surface area contributed by atoms with Crippen molar-refractivity contribution in [1.82, 2.24) is 0 Å². The highest BCUT2D eigenvalue weighted by atomic mass is 16.5. The highest BCUT2D eigenvalue weighted by molar-refractivity contribution is 5.84. The van der Waals surface area contributed by atoms with Crippen LogP contribution in [-0.2, 0) is 9.53 Å². The molecule has 1 aliphatic rings. The van der Waals surface area contributed by atoms with E-state index in [1.807, 2.05) is 25.1 Å². The minimum absolute atomic E-state index is 0.140. The van der Waals surface area contributed by atoms with E-state index in [1.54, 1.807) is 6.08 Å². The largest absolute Gasteiger partial charge is 0.465 e. The van der Waals surface area contributed by atoms with E-state index >= 15 is 0 Å². The van der Waals surface area contributed by atoms with Gasteiger partial charge >= 0.3 is 5.97 Å². The van der Waals surface area contributed by atoms with Gasteiger partial charge < -0.3 is 4.74 Å². The van der Waals surface area contributed by atoms with Crippen LogP contribution in [0.15, 0.2) is 43.0 Å². The van der Waals surface area contributed by atoms with E-state index in [0.29, 0.717) is 6.61 Å². The molecular formula is C14H16O2. The SMILES string of the molecule is C=CC1(C(=O)OCC)CC1c1ccccc1. The fourth-order valence-corrected chi connectivity index (χ4v) is 2.18. The lowest BCUT2D eigenvalue weighted by atomic mass is 9.99. The van der Waals surface area contributed by atoms with Crippen LogP contribution in [0.5, 0.6) is 0 Å². The Hall–Kier alpha value is -1.57. The molecule has 0 N–H and O–H groups in total. The van der Waals surface area contributed by atoms with Crippen LogP contribution in [0.2, 0.25) is 0 Å². The van der Waals surface area contributed by atoms with Crippen molar-refractivity contribution in [3.8, 4) is 0 Å². The van der Waals surface area contributed by atoms with Crippen molar-refractivity contribution >= 4 is 5.97 Å². The van der Waals surface area contributed by atoms with Crippen molar-refractivity contribution in [3.63, 3.8) is 0 Å². The molecule has 16 heavy (non-hydrogen) atoms. The predicted octanol–water partition coefficient (Wildman–Crippen LogP) is 2.91. The zero-order chi connectivity index (χ0) is 11.6. The molecule has 0 aromatic heterocycles. The number of hydrogen-bond acceptors (Lipinski definition) is 2. The van der Waals surface area contributed by atoms with Gasteiger partial charge in [0.05, 0.1) is 12.0 Å². The number of carbonyl (C=O) groups is 1. The molecule has 2 nitrogen and oxygen atoms in total. The third-order valence-electron chi connectivity index (χ3n) is 3.23. The lowest BCUT2D eigenvalue weighted by Gasteiger charge is -2.11. The minimum Gasteiger partial charge on any atom is -0.465 e. The van der Waals surface area contributed by atoms with Gasteiger partial charge in [-0.3, -0.25) is 4.79 Å². The summed E-state index contributed by atoms with van der Waals surface area (Å²) in [6.45, 7) is 6.03. The molecule has 1 aliphatic carbocycles. The summed E-state index contributed by atoms with van der Waals surface area (Å²) in [5.74, 6) is 0.101. The highest BCUT2D eigenvalue weighted by Crippen LogP contribution is 2.60. The molecular weight excluding hydrogens is 200 g/mol. The maximum absolute atomic E-state index is 11.8. The molecule has 1 aromatic rings. The quantitative estimate of drug-likeness (QED) is 0.571. The third kappa shape index (κ3) is 1.64.